The minimum atomic E-state index is -0.706. The quantitative estimate of drug-likeness (QED) is 0.732. The van der Waals surface area contributed by atoms with Crippen molar-refractivity contribution in [2.24, 2.45) is 29.6 Å². The molecule has 0 bridgehead atoms. The molecule has 1 N–H and O–H groups in total. The van der Waals surface area contributed by atoms with Gasteiger partial charge in [0.05, 0.1) is 5.92 Å². The molecule has 0 aromatic heterocycles. The molecule has 0 heterocycles. The summed E-state index contributed by atoms with van der Waals surface area (Å²) in [6.07, 6.45) is 11.5. The van der Waals surface area contributed by atoms with Crippen LogP contribution in [0.2, 0.25) is 0 Å². The lowest BCUT2D eigenvalue weighted by molar-refractivity contribution is -0.141. The number of aliphatic carboxylic acids is 1. The molecule has 3 unspecified atom stereocenters. The predicted molar refractivity (Wildman–Crippen MR) is 80.0 cm³/mol. The fourth-order valence-electron chi connectivity index (χ4n) is 3.14. The molecule has 2 aliphatic rings. The topological polar surface area (TPSA) is 37.3 Å². The number of hydrogen-bond acceptors (Lipinski definition) is 1. The second kappa shape index (κ2) is 7.72. The summed E-state index contributed by atoms with van der Waals surface area (Å²) in [5, 5.41) is 8.18. The number of carbonyl (C=O) groups is 1. The van der Waals surface area contributed by atoms with Gasteiger partial charge in [-0.3, -0.25) is 4.79 Å². The monoisotopic (exact) mass is 266 g/mol. The van der Waals surface area contributed by atoms with Gasteiger partial charge in [0.2, 0.25) is 0 Å². The molecule has 19 heavy (non-hydrogen) atoms. The van der Waals surface area contributed by atoms with E-state index in [9.17, 15) is 4.79 Å². The first kappa shape index (κ1) is 16.3. The molecule has 0 spiro atoms. The Labute approximate surface area is 118 Å². The van der Waals surface area contributed by atoms with E-state index in [1.807, 2.05) is 6.92 Å². The molecule has 2 nitrogen and oxygen atoms in total. The fourth-order valence-corrected chi connectivity index (χ4v) is 3.14. The van der Waals surface area contributed by atoms with Crippen molar-refractivity contribution >= 4 is 5.97 Å². The average molecular weight is 266 g/mol. The lowest BCUT2D eigenvalue weighted by Crippen LogP contribution is -2.30. The molecule has 2 aliphatic carbocycles. The summed E-state index contributed by atoms with van der Waals surface area (Å²) in [6, 6.07) is 0. The molecule has 2 rings (SSSR count). The highest BCUT2D eigenvalue weighted by molar-refractivity contribution is 5.69. The van der Waals surface area contributed by atoms with Gasteiger partial charge >= 0.3 is 5.97 Å². The Kier molecular flexibility index (Phi) is 6.60. The van der Waals surface area contributed by atoms with Crippen molar-refractivity contribution in [2.75, 3.05) is 0 Å². The molecule has 0 aromatic rings. The van der Waals surface area contributed by atoms with E-state index in [1.165, 1.54) is 25.7 Å². The third-order valence-corrected chi connectivity index (χ3v) is 5.08. The largest absolute Gasteiger partial charge is 0.481 e. The molecular weight excluding hydrogens is 236 g/mol. The first-order chi connectivity index (χ1) is 8.97. The maximum Gasteiger partial charge on any atom is 0.306 e. The number of rotatable bonds is 2. The van der Waals surface area contributed by atoms with Crippen LogP contribution in [-0.4, -0.2) is 11.1 Å². The van der Waals surface area contributed by atoms with Gasteiger partial charge in [0.1, 0.15) is 0 Å². The highest BCUT2D eigenvalue weighted by Gasteiger charge is 2.32. The molecule has 110 valence electrons. The smallest absolute Gasteiger partial charge is 0.306 e. The van der Waals surface area contributed by atoms with Gasteiger partial charge in [0.15, 0.2) is 0 Å². The molecule has 0 amide bonds. The molecule has 0 saturated heterocycles. The molecular formula is C17H30O2. The molecule has 5 atom stereocenters. The van der Waals surface area contributed by atoms with Crippen LogP contribution in [0.15, 0.2) is 12.2 Å². The van der Waals surface area contributed by atoms with Gasteiger partial charge in [-0.1, -0.05) is 52.7 Å². The van der Waals surface area contributed by atoms with Gasteiger partial charge in [0.25, 0.3) is 0 Å². The maximum absolute atomic E-state index is 9.93. The Bertz CT molecular complexity index is 308. The summed E-state index contributed by atoms with van der Waals surface area (Å²) in [7, 11) is 0. The minimum Gasteiger partial charge on any atom is -0.481 e. The van der Waals surface area contributed by atoms with Crippen LogP contribution in [0.3, 0.4) is 0 Å². The number of allylic oxidation sites excluding steroid dienone is 2. The van der Waals surface area contributed by atoms with Crippen molar-refractivity contribution in [1.29, 1.82) is 0 Å². The second-order valence-electron chi connectivity index (χ2n) is 6.36. The maximum atomic E-state index is 9.93. The van der Waals surface area contributed by atoms with E-state index in [1.54, 1.807) is 6.92 Å². The SMILES string of the molecule is CC1C2CCCCC2C=C[C@@H]1C.CC[C@H](C)C(=O)O. The van der Waals surface area contributed by atoms with Crippen LogP contribution in [0.5, 0.6) is 0 Å². The zero-order chi connectivity index (χ0) is 14.4. The molecule has 0 aromatic carbocycles. The van der Waals surface area contributed by atoms with Crippen LogP contribution in [0, 0.1) is 29.6 Å². The van der Waals surface area contributed by atoms with E-state index < -0.39 is 5.97 Å². The summed E-state index contributed by atoms with van der Waals surface area (Å²) in [4.78, 5) is 9.93. The number of carboxylic acids is 1. The summed E-state index contributed by atoms with van der Waals surface area (Å²) in [5.41, 5.74) is 0. The van der Waals surface area contributed by atoms with Crippen molar-refractivity contribution in [2.45, 2.75) is 59.8 Å². The summed E-state index contributed by atoms with van der Waals surface area (Å²) in [6.45, 7) is 8.37. The van der Waals surface area contributed by atoms with Crippen LogP contribution < -0.4 is 0 Å². The van der Waals surface area contributed by atoms with Crippen molar-refractivity contribution < 1.29 is 9.90 Å². The van der Waals surface area contributed by atoms with Crippen molar-refractivity contribution in [1.82, 2.24) is 0 Å². The Morgan fingerprint density at radius 1 is 1.26 bits per heavy atom. The standard InChI is InChI=1S/C12H20.C5H10O2/c1-9-7-8-11-5-3-4-6-12(11)10(9)2;1-3-4(2)5(6)7/h7-12H,3-6H2,1-2H3;4H,3H2,1-2H3,(H,6,7)/t9-,10?,11?,12?;4-/m00/s1. The van der Waals surface area contributed by atoms with Crippen LogP contribution in [0.25, 0.3) is 0 Å². The van der Waals surface area contributed by atoms with Gasteiger partial charge < -0.3 is 5.11 Å². The van der Waals surface area contributed by atoms with Gasteiger partial charge in [0, 0.05) is 0 Å². The Morgan fingerprint density at radius 3 is 2.42 bits per heavy atom. The minimum absolute atomic E-state index is 0.181. The zero-order valence-corrected chi connectivity index (χ0v) is 12.9. The summed E-state index contributed by atoms with van der Waals surface area (Å²) in [5.74, 6) is 2.82. The lowest BCUT2D eigenvalue weighted by Gasteiger charge is -2.39. The molecule has 0 radical (unpaired) electrons. The number of hydrogen-bond donors (Lipinski definition) is 1. The van der Waals surface area contributed by atoms with E-state index in [0.717, 1.165) is 30.1 Å². The highest BCUT2D eigenvalue weighted by atomic mass is 16.4. The van der Waals surface area contributed by atoms with Gasteiger partial charge in [-0.2, -0.15) is 0 Å². The van der Waals surface area contributed by atoms with Crippen LogP contribution >= 0.6 is 0 Å². The molecule has 1 fully saturated rings. The summed E-state index contributed by atoms with van der Waals surface area (Å²) < 4.78 is 0. The van der Waals surface area contributed by atoms with Crippen LogP contribution in [0.1, 0.15) is 59.8 Å². The van der Waals surface area contributed by atoms with E-state index >= 15 is 0 Å². The predicted octanol–water partition coefficient (Wildman–Crippen LogP) is 4.75. The van der Waals surface area contributed by atoms with Crippen LogP contribution in [0.4, 0.5) is 0 Å². The highest BCUT2D eigenvalue weighted by Crippen LogP contribution is 2.42. The van der Waals surface area contributed by atoms with Crippen molar-refractivity contribution in [3.63, 3.8) is 0 Å². The summed E-state index contributed by atoms with van der Waals surface area (Å²) >= 11 is 0. The zero-order valence-electron chi connectivity index (χ0n) is 12.9. The van der Waals surface area contributed by atoms with Crippen LogP contribution in [-0.2, 0) is 4.79 Å². The lowest BCUT2D eigenvalue weighted by atomic mass is 9.66. The third kappa shape index (κ3) is 4.67. The Morgan fingerprint density at radius 2 is 1.89 bits per heavy atom. The van der Waals surface area contributed by atoms with E-state index in [-0.39, 0.29) is 5.92 Å². The van der Waals surface area contributed by atoms with Gasteiger partial charge in [-0.05, 0) is 42.9 Å². The average Bonchev–Trinajstić information content (AvgIpc) is 2.43. The Balaban J connectivity index is 0.000000224. The fraction of sp³-hybridized carbons (Fsp3) is 0.824. The Hall–Kier alpha value is -0.790. The number of carboxylic acid groups (broad SMARTS) is 1. The third-order valence-electron chi connectivity index (χ3n) is 5.08. The molecule has 0 aliphatic heterocycles. The molecule has 2 heteroatoms. The molecule has 1 saturated carbocycles. The van der Waals surface area contributed by atoms with Crippen molar-refractivity contribution in [3.8, 4) is 0 Å². The second-order valence-corrected chi connectivity index (χ2v) is 6.36. The first-order valence-corrected chi connectivity index (χ1v) is 7.88. The first-order valence-electron chi connectivity index (χ1n) is 7.88. The van der Waals surface area contributed by atoms with Crippen molar-refractivity contribution in [3.05, 3.63) is 12.2 Å². The van der Waals surface area contributed by atoms with Gasteiger partial charge in [-0.25, -0.2) is 0 Å². The van der Waals surface area contributed by atoms with Gasteiger partial charge in [-0.15, -0.1) is 0 Å². The number of fused-ring (bicyclic) bond motifs is 1. The van der Waals surface area contributed by atoms with E-state index in [2.05, 4.69) is 26.0 Å². The van der Waals surface area contributed by atoms with E-state index in [0.29, 0.717) is 0 Å². The van der Waals surface area contributed by atoms with E-state index in [4.69, 9.17) is 5.11 Å². The normalized spacial score (nSPS) is 34.7.